The molecule has 2 bridgehead atoms. The molecule has 2 aliphatic heterocycles. The summed E-state index contributed by atoms with van der Waals surface area (Å²) in [6, 6.07) is 18.0. The van der Waals surface area contributed by atoms with Crippen LogP contribution in [0.4, 0.5) is 0 Å². The molecular formula is C19H19NO3S. The Hall–Kier alpha value is -2.14. The van der Waals surface area contributed by atoms with Crippen LogP contribution in [0.25, 0.3) is 11.1 Å². The van der Waals surface area contributed by atoms with E-state index in [1.165, 1.54) is 0 Å². The first-order chi connectivity index (χ1) is 11.5. The van der Waals surface area contributed by atoms with Gasteiger partial charge in [0.1, 0.15) is 0 Å². The summed E-state index contributed by atoms with van der Waals surface area (Å²) in [5.74, 6) is 0.168. The van der Waals surface area contributed by atoms with Crippen molar-refractivity contribution in [2.45, 2.75) is 24.1 Å². The van der Waals surface area contributed by atoms with Crippen molar-refractivity contribution in [1.82, 2.24) is 4.90 Å². The van der Waals surface area contributed by atoms with Gasteiger partial charge in [0.05, 0.1) is 17.4 Å². The number of amides is 1. The SMILES string of the molecule is O=C(Cc1ccc(-c2ccccc2)cc1)N1CC2CC1CS2(=O)=O. The normalized spacial score (nSPS) is 24.2. The van der Waals surface area contributed by atoms with Crippen LogP contribution in [0.2, 0.25) is 0 Å². The number of fused-ring (bicyclic) bond motifs is 2. The van der Waals surface area contributed by atoms with Gasteiger partial charge in [0.2, 0.25) is 5.91 Å². The van der Waals surface area contributed by atoms with E-state index < -0.39 is 9.84 Å². The Morgan fingerprint density at radius 1 is 1.00 bits per heavy atom. The van der Waals surface area contributed by atoms with Crippen LogP contribution in [-0.4, -0.2) is 42.8 Å². The summed E-state index contributed by atoms with van der Waals surface area (Å²) in [5.41, 5.74) is 3.24. The van der Waals surface area contributed by atoms with E-state index in [2.05, 4.69) is 12.1 Å². The van der Waals surface area contributed by atoms with Crippen molar-refractivity contribution in [2.24, 2.45) is 0 Å². The summed E-state index contributed by atoms with van der Waals surface area (Å²) in [4.78, 5) is 14.3. The highest BCUT2D eigenvalue weighted by Gasteiger charge is 2.49. The molecule has 0 N–H and O–H groups in total. The number of hydrogen-bond acceptors (Lipinski definition) is 3. The van der Waals surface area contributed by atoms with Gasteiger partial charge in [-0.3, -0.25) is 4.79 Å². The van der Waals surface area contributed by atoms with E-state index in [1.54, 1.807) is 4.90 Å². The highest BCUT2D eigenvalue weighted by molar-refractivity contribution is 7.92. The average Bonchev–Trinajstić information content (AvgIpc) is 3.12. The zero-order valence-electron chi connectivity index (χ0n) is 13.3. The highest BCUT2D eigenvalue weighted by Crippen LogP contribution is 2.33. The number of sulfone groups is 1. The van der Waals surface area contributed by atoms with E-state index in [-0.39, 0.29) is 23.0 Å². The van der Waals surface area contributed by atoms with E-state index in [1.807, 2.05) is 42.5 Å². The Kier molecular flexibility index (Phi) is 3.68. The molecule has 1 amide bonds. The minimum atomic E-state index is -2.96. The zero-order chi connectivity index (χ0) is 16.7. The van der Waals surface area contributed by atoms with E-state index in [4.69, 9.17) is 0 Å². The molecule has 0 saturated carbocycles. The lowest BCUT2D eigenvalue weighted by Gasteiger charge is -2.27. The van der Waals surface area contributed by atoms with Crippen molar-refractivity contribution in [3.05, 3.63) is 60.2 Å². The molecule has 2 fully saturated rings. The van der Waals surface area contributed by atoms with Crippen LogP contribution in [0.15, 0.2) is 54.6 Å². The molecule has 2 atom stereocenters. The molecule has 24 heavy (non-hydrogen) atoms. The first-order valence-electron chi connectivity index (χ1n) is 8.18. The van der Waals surface area contributed by atoms with Crippen LogP contribution in [-0.2, 0) is 21.1 Å². The van der Waals surface area contributed by atoms with Crippen LogP contribution < -0.4 is 0 Å². The van der Waals surface area contributed by atoms with Gasteiger partial charge in [-0.25, -0.2) is 8.42 Å². The summed E-state index contributed by atoms with van der Waals surface area (Å²) >= 11 is 0. The monoisotopic (exact) mass is 341 g/mol. The van der Waals surface area contributed by atoms with Gasteiger partial charge in [0, 0.05) is 12.6 Å². The third-order valence-corrected chi connectivity index (χ3v) is 7.25. The maximum Gasteiger partial charge on any atom is 0.227 e. The third kappa shape index (κ3) is 2.73. The molecule has 0 spiro atoms. The molecule has 2 aromatic rings. The van der Waals surface area contributed by atoms with Crippen molar-refractivity contribution in [1.29, 1.82) is 0 Å². The fraction of sp³-hybridized carbons (Fsp3) is 0.316. The second kappa shape index (κ2) is 5.74. The molecule has 2 aliphatic rings. The minimum Gasteiger partial charge on any atom is -0.337 e. The molecule has 4 nitrogen and oxygen atoms in total. The van der Waals surface area contributed by atoms with Crippen molar-refractivity contribution in [3.63, 3.8) is 0 Å². The molecule has 0 aliphatic carbocycles. The molecule has 4 rings (SSSR count). The fourth-order valence-corrected chi connectivity index (χ4v) is 5.75. The summed E-state index contributed by atoms with van der Waals surface area (Å²) in [6.45, 7) is 0.369. The lowest BCUT2D eigenvalue weighted by molar-refractivity contribution is -0.131. The number of carbonyl (C=O) groups is 1. The van der Waals surface area contributed by atoms with Gasteiger partial charge >= 0.3 is 0 Å². The molecular weight excluding hydrogens is 322 g/mol. The predicted molar refractivity (Wildman–Crippen MR) is 93.3 cm³/mol. The largest absolute Gasteiger partial charge is 0.337 e. The molecule has 0 radical (unpaired) electrons. The van der Waals surface area contributed by atoms with Crippen LogP contribution in [0.3, 0.4) is 0 Å². The topological polar surface area (TPSA) is 54.5 Å². The Morgan fingerprint density at radius 3 is 2.25 bits per heavy atom. The standard InChI is InChI=1S/C19H19NO3S/c21-19(20-12-18-11-17(20)13-24(18,22)23)10-14-6-8-16(9-7-14)15-4-2-1-3-5-15/h1-9,17-18H,10-13H2. The van der Waals surface area contributed by atoms with Gasteiger partial charge in [0.25, 0.3) is 0 Å². The first-order valence-corrected chi connectivity index (χ1v) is 9.90. The second-order valence-corrected chi connectivity index (χ2v) is 8.95. The number of hydrogen-bond donors (Lipinski definition) is 0. The third-order valence-electron chi connectivity index (χ3n) is 5.05. The number of carbonyl (C=O) groups excluding carboxylic acids is 1. The first kappa shape index (κ1) is 15.4. The number of nitrogens with zero attached hydrogens (tertiary/aromatic N) is 1. The van der Waals surface area contributed by atoms with Gasteiger partial charge < -0.3 is 4.90 Å². The lowest BCUT2D eigenvalue weighted by atomic mass is 10.0. The summed E-state index contributed by atoms with van der Waals surface area (Å²) in [6.07, 6.45) is 0.944. The molecule has 5 heteroatoms. The smallest absolute Gasteiger partial charge is 0.227 e. The summed E-state index contributed by atoms with van der Waals surface area (Å²) in [5, 5.41) is -0.341. The fourth-order valence-electron chi connectivity index (χ4n) is 3.72. The van der Waals surface area contributed by atoms with Gasteiger partial charge in [0.15, 0.2) is 9.84 Å². The number of rotatable bonds is 3. The van der Waals surface area contributed by atoms with Gasteiger partial charge in [-0.05, 0) is 23.1 Å². The molecule has 2 aromatic carbocycles. The Morgan fingerprint density at radius 2 is 1.67 bits per heavy atom. The van der Waals surface area contributed by atoms with Crippen LogP contribution in [0, 0.1) is 0 Å². The maximum atomic E-state index is 12.5. The molecule has 0 aromatic heterocycles. The predicted octanol–water partition coefficient (Wildman–Crippen LogP) is 2.29. The van der Waals surface area contributed by atoms with Crippen LogP contribution in [0.1, 0.15) is 12.0 Å². The molecule has 2 saturated heterocycles. The van der Waals surface area contributed by atoms with Gasteiger partial charge in [-0.1, -0.05) is 54.6 Å². The van der Waals surface area contributed by atoms with E-state index in [9.17, 15) is 13.2 Å². The van der Waals surface area contributed by atoms with Crippen molar-refractivity contribution < 1.29 is 13.2 Å². The van der Waals surface area contributed by atoms with Crippen molar-refractivity contribution in [3.8, 4) is 11.1 Å². The Bertz CT molecular complexity index is 859. The highest BCUT2D eigenvalue weighted by atomic mass is 32.2. The van der Waals surface area contributed by atoms with E-state index in [0.29, 0.717) is 19.4 Å². The van der Waals surface area contributed by atoms with Crippen LogP contribution in [0.5, 0.6) is 0 Å². The summed E-state index contributed by atoms with van der Waals surface area (Å²) in [7, 11) is -2.96. The van der Waals surface area contributed by atoms with Crippen LogP contribution >= 0.6 is 0 Å². The van der Waals surface area contributed by atoms with E-state index >= 15 is 0 Å². The zero-order valence-corrected chi connectivity index (χ0v) is 14.1. The van der Waals surface area contributed by atoms with E-state index in [0.717, 1.165) is 16.7 Å². The Labute approximate surface area is 142 Å². The second-order valence-electron chi connectivity index (χ2n) is 6.63. The lowest BCUT2D eigenvalue weighted by Crippen LogP contribution is -2.44. The quantitative estimate of drug-likeness (QED) is 0.861. The Balaban J connectivity index is 1.44. The number of benzene rings is 2. The minimum absolute atomic E-state index is 0.0323. The average molecular weight is 341 g/mol. The molecule has 2 heterocycles. The summed E-state index contributed by atoms with van der Waals surface area (Å²) < 4.78 is 23.6. The molecule has 124 valence electrons. The van der Waals surface area contributed by atoms with Gasteiger partial charge in [-0.15, -0.1) is 0 Å². The van der Waals surface area contributed by atoms with Crippen molar-refractivity contribution in [2.75, 3.05) is 12.3 Å². The number of likely N-dealkylation sites (tertiary alicyclic amines) is 1. The van der Waals surface area contributed by atoms with Crippen molar-refractivity contribution >= 4 is 15.7 Å². The maximum absolute atomic E-state index is 12.5. The van der Waals surface area contributed by atoms with Gasteiger partial charge in [-0.2, -0.15) is 0 Å². The molecule has 2 unspecified atom stereocenters.